The average Bonchev–Trinajstić information content (AvgIpc) is 3.49. The van der Waals surface area contributed by atoms with Gasteiger partial charge in [-0.3, -0.25) is 4.79 Å². The van der Waals surface area contributed by atoms with E-state index in [1.54, 1.807) is 17.2 Å². The van der Waals surface area contributed by atoms with E-state index in [0.29, 0.717) is 36.8 Å². The van der Waals surface area contributed by atoms with Crippen molar-refractivity contribution in [1.82, 2.24) is 19.4 Å². The summed E-state index contributed by atoms with van der Waals surface area (Å²) in [7, 11) is 1.87. The van der Waals surface area contributed by atoms with Gasteiger partial charge in [0.1, 0.15) is 30.5 Å². The first-order chi connectivity index (χ1) is 16.1. The number of halogens is 1. The number of furan rings is 1. The summed E-state index contributed by atoms with van der Waals surface area (Å²) in [4.78, 5) is 22.4. The highest BCUT2D eigenvalue weighted by atomic mass is 19.1. The van der Waals surface area contributed by atoms with E-state index < -0.39 is 6.67 Å². The Bertz CT molecular complexity index is 1510. The van der Waals surface area contributed by atoms with Crippen LogP contribution in [-0.2, 0) is 20.3 Å². The molecule has 3 aromatic heterocycles. The molecule has 0 bridgehead atoms. The van der Waals surface area contributed by atoms with Crippen LogP contribution in [0.1, 0.15) is 21.9 Å². The third-order valence-electron chi connectivity index (χ3n) is 6.20. The third kappa shape index (κ3) is 3.26. The molecule has 1 N–H and O–H groups in total. The highest BCUT2D eigenvalue weighted by molar-refractivity contribution is 5.97. The van der Waals surface area contributed by atoms with Crippen molar-refractivity contribution in [3.05, 3.63) is 71.9 Å². The van der Waals surface area contributed by atoms with Gasteiger partial charge in [-0.2, -0.15) is 0 Å². The van der Waals surface area contributed by atoms with Crippen molar-refractivity contribution < 1.29 is 18.3 Å². The number of nitrogens with one attached hydrogen (secondary N) is 1. The van der Waals surface area contributed by atoms with Crippen molar-refractivity contribution in [2.75, 3.05) is 13.2 Å². The predicted octanol–water partition coefficient (Wildman–Crippen LogP) is 4.82. The summed E-state index contributed by atoms with van der Waals surface area (Å²) in [6.45, 7) is 0.718. The largest absolute Gasteiger partial charge is 0.491 e. The van der Waals surface area contributed by atoms with Gasteiger partial charge in [0.25, 0.3) is 5.91 Å². The van der Waals surface area contributed by atoms with Crippen LogP contribution in [0.3, 0.4) is 0 Å². The lowest BCUT2D eigenvalue weighted by molar-refractivity contribution is 0.0724. The van der Waals surface area contributed by atoms with Crippen LogP contribution in [0.5, 0.6) is 5.75 Å². The van der Waals surface area contributed by atoms with E-state index >= 15 is 0 Å². The summed E-state index contributed by atoms with van der Waals surface area (Å²) in [5, 5.41) is 0. The summed E-state index contributed by atoms with van der Waals surface area (Å²) < 4.78 is 26.2. The van der Waals surface area contributed by atoms with E-state index in [1.165, 1.54) is 0 Å². The normalized spacial score (nSPS) is 13.8. The molecule has 0 unspecified atom stereocenters. The number of benzene rings is 2. The lowest BCUT2D eigenvalue weighted by Gasteiger charge is -2.20. The standard InChI is InChI=1S/C25H21FN4O3/c1-29-20-6-8-32-23(20)12-21(29)25(31)30-7-9-33-22-5-3-15(10-17(22)14-30)16-2-4-18-19(11-16)28-24(13-26)27-18/h2-6,8,10-12H,7,9,13-14H2,1H3,(H,27,28). The minimum Gasteiger partial charge on any atom is -0.491 e. The zero-order valence-corrected chi connectivity index (χ0v) is 18.0. The molecule has 0 fully saturated rings. The number of aromatic amines is 1. The Morgan fingerprint density at radius 2 is 2.00 bits per heavy atom. The maximum Gasteiger partial charge on any atom is 0.271 e. The minimum absolute atomic E-state index is 0.0663. The van der Waals surface area contributed by atoms with Gasteiger partial charge >= 0.3 is 0 Å². The molecule has 1 amide bonds. The molecule has 8 heteroatoms. The number of amides is 1. The number of H-pyrrole nitrogens is 1. The van der Waals surface area contributed by atoms with Crippen LogP contribution in [0.25, 0.3) is 33.3 Å². The molecule has 0 radical (unpaired) electrons. The number of fused-ring (bicyclic) bond motifs is 3. The lowest BCUT2D eigenvalue weighted by atomic mass is 10.0. The first kappa shape index (κ1) is 19.6. The molecule has 33 heavy (non-hydrogen) atoms. The van der Waals surface area contributed by atoms with Crippen LogP contribution in [0, 0.1) is 0 Å². The van der Waals surface area contributed by atoms with Crippen LogP contribution < -0.4 is 4.74 Å². The van der Waals surface area contributed by atoms with Crippen LogP contribution in [0.4, 0.5) is 4.39 Å². The summed E-state index contributed by atoms with van der Waals surface area (Å²) >= 11 is 0. The van der Waals surface area contributed by atoms with Crippen LogP contribution in [0.15, 0.2) is 59.2 Å². The third-order valence-corrected chi connectivity index (χ3v) is 6.20. The molecule has 1 aliphatic heterocycles. The Morgan fingerprint density at radius 1 is 1.15 bits per heavy atom. The van der Waals surface area contributed by atoms with Crippen molar-refractivity contribution in [1.29, 1.82) is 0 Å². The maximum absolute atomic E-state index is 13.3. The number of ether oxygens (including phenoxy) is 1. The van der Waals surface area contributed by atoms with Gasteiger partial charge in [0.05, 0.1) is 29.4 Å². The quantitative estimate of drug-likeness (QED) is 0.433. The number of carbonyl (C=O) groups is 1. The second-order valence-corrected chi connectivity index (χ2v) is 8.21. The Kier molecular flexibility index (Phi) is 4.46. The summed E-state index contributed by atoms with van der Waals surface area (Å²) in [5.74, 6) is 1.03. The number of carbonyl (C=O) groups excluding carboxylic acids is 1. The van der Waals surface area contributed by atoms with Crippen molar-refractivity contribution >= 4 is 28.0 Å². The molecule has 0 saturated heterocycles. The van der Waals surface area contributed by atoms with Crippen LogP contribution in [0.2, 0.25) is 0 Å². The van der Waals surface area contributed by atoms with Gasteiger partial charge in [0.15, 0.2) is 5.58 Å². The highest BCUT2D eigenvalue weighted by Gasteiger charge is 2.25. The molecule has 0 atom stereocenters. The zero-order chi connectivity index (χ0) is 22.5. The molecular formula is C25H21FN4O3. The summed E-state index contributed by atoms with van der Waals surface area (Å²) in [6, 6.07) is 15.4. The number of hydrogen-bond donors (Lipinski definition) is 1. The molecule has 6 rings (SSSR count). The zero-order valence-electron chi connectivity index (χ0n) is 18.0. The minimum atomic E-state index is -0.628. The molecule has 7 nitrogen and oxygen atoms in total. The number of aromatic nitrogens is 3. The second kappa shape index (κ2) is 7.51. The molecular weight excluding hydrogens is 423 g/mol. The molecule has 1 aliphatic rings. The van der Waals surface area contributed by atoms with Crippen molar-refractivity contribution in [2.45, 2.75) is 13.2 Å². The topological polar surface area (TPSA) is 76.3 Å². The molecule has 4 heterocycles. The molecule has 0 spiro atoms. The smallest absolute Gasteiger partial charge is 0.271 e. The first-order valence-electron chi connectivity index (χ1n) is 10.7. The van der Waals surface area contributed by atoms with E-state index in [9.17, 15) is 9.18 Å². The van der Waals surface area contributed by atoms with Crippen molar-refractivity contribution in [3.8, 4) is 16.9 Å². The molecule has 166 valence electrons. The number of imidazole rings is 1. The van der Waals surface area contributed by atoms with E-state index in [2.05, 4.69) is 9.97 Å². The fourth-order valence-corrected chi connectivity index (χ4v) is 4.47. The van der Waals surface area contributed by atoms with Gasteiger partial charge in [0.2, 0.25) is 0 Å². The Labute approximate surface area is 188 Å². The van der Waals surface area contributed by atoms with Gasteiger partial charge in [-0.05, 0) is 35.4 Å². The van der Waals surface area contributed by atoms with E-state index in [4.69, 9.17) is 9.15 Å². The Balaban J connectivity index is 1.33. The van der Waals surface area contributed by atoms with Crippen LogP contribution in [-0.4, -0.2) is 38.5 Å². The molecule has 0 aliphatic carbocycles. The first-order valence-corrected chi connectivity index (χ1v) is 10.7. The van der Waals surface area contributed by atoms with E-state index in [1.807, 2.05) is 54.1 Å². The molecule has 2 aromatic carbocycles. The number of hydrogen-bond acceptors (Lipinski definition) is 4. The molecule has 5 aromatic rings. The average molecular weight is 444 g/mol. The second-order valence-electron chi connectivity index (χ2n) is 8.21. The number of nitrogens with zero attached hydrogens (tertiary/aromatic N) is 3. The Hall–Kier alpha value is -4.07. The van der Waals surface area contributed by atoms with E-state index in [0.717, 1.165) is 39.0 Å². The fraction of sp³-hybridized carbons (Fsp3) is 0.200. The van der Waals surface area contributed by atoms with Gasteiger partial charge in [-0.15, -0.1) is 0 Å². The van der Waals surface area contributed by atoms with Crippen molar-refractivity contribution in [3.63, 3.8) is 0 Å². The molecule has 0 saturated carbocycles. The van der Waals surface area contributed by atoms with Gasteiger partial charge in [0, 0.05) is 31.3 Å². The number of alkyl halides is 1. The van der Waals surface area contributed by atoms with Crippen LogP contribution >= 0.6 is 0 Å². The predicted molar refractivity (Wildman–Crippen MR) is 122 cm³/mol. The summed E-state index contributed by atoms with van der Waals surface area (Å²) in [5.41, 5.74) is 6.58. The van der Waals surface area contributed by atoms with Gasteiger partial charge in [-0.25, -0.2) is 9.37 Å². The van der Waals surface area contributed by atoms with Gasteiger partial charge in [-0.1, -0.05) is 12.1 Å². The maximum atomic E-state index is 13.3. The lowest BCUT2D eigenvalue weighted by Crippen LogP contribution is -2.33. The number of rotatable bonds is 3. The monoisotopic (exact) mass is 444 g/mol. The van der Waals surface area contributed by atoms with E-state index in [-0.39, 0.29) is 5.91 Å². The Morgan fingerprint density at radius 3 is 2.85 bits per heavy atom. The summed E-state index contributed by atoms with van der Waals surface area (Å²) in [6.07, 6.45) is 1.62. The fourth-order valence-electron chi connectivity index (χ4n) is 4.47. The number of aryl methyl sites for hydroxylation is 1. The SMILES string of the molecule is Cn1c(C(=O)N2CCOc3ccc(-c4ccc5nc(CF)[nH]c5c4)cc3C2)cc2occc21. The van der Waals surface area contributed by atoms with Crippen molar-refractivity contribution in [2.24, 2.45) is 7.05 Å². The highest BCUT2D eigenvalue weighted by Crippen LogP contribution is 2.31. The van der Waals surface area contributed by atoms with Gasteiger partial charge < -0.3 is 23.6 Å².